The molecule has 130 valence electrons. The van der Waals surface area contributed by atoms with Crippen LogP contribution in [0.2, 0.25) is 10.2 Å². The molecular weight excluding hydrogens is 375 g/mol. The minimum atomic E-state index is -0.396. The molecule has 0 spiro atoms. The van der Waals surface area contributed by atoms with E-state index >= 15 is 0 Å². The number of nitrogens with zero attached hydrogens (tertiary/aromatic N) is 2. The molecule has 0 atom stereocenters. The number of amides is 2. The molecule has 0 aliphatic heterocycles. The lowest BCUT2D eigenvalue weighted by Gasteiger charge is -2.09. The predicted molar refractivity (Wildman–Crippen MR) is 101 cm³/mol. The Balaban J connectivity index is 1.72. The Labute approximate surface area is 159 Å². The minimum absolute atomic E-state index is 0.128. The lowest BCUT2D eigenvalue weighted by molar-refractivity contribution is 0.101. The second-order valence-corrected chi connectivity index (χ2v) is 5.99. The van der Waals surface area contributed by atoms with Gasteiger partial charge in [-0.2, -0.15) is 0 Å². The van der Waals surface area contributed by atoms with Crippen LogP contribution in [0.3, 0.4) is 0 Å². The van der Waals surface area contributed by atoms with Crippen molar-refractivity contribution in [3.05, 3.63) is 82.4 Å². The number of aromatic nitrogens is 2. The van der Waals surface area contributed by atoms with Crippen LogP contribution >= 0.6 is 23.2 Å². The smallest absolute Gasteiger partial charge is 0.257 e. The van der Waals surface area contributed by atoms with Crippen molar-refractivity contribution >= 4 is 46.4 Å². The summed E-state index contributed by atoms with van der Waals surface area (Å²) in [5, 5.41) is 5.78. The van der Waals surface area contributed by atoms with Crippen LogP contribution in [0.15, 0.2) is 61.1 Å². The molecule has 0 saturated heterocycles. The molecule has 2 aromatic heterocycles. The molecule has 0 unspecified atom stereocenters. The number of hydrogen-bond donors (Lipinski definition) is 2. The second-order valence-electron chi connectivity index (χ2n) is 5.23. The molecule has 0 radical (unpaired) electrons. The number of halogens is 2. The summed E-state index contributed by atoms with van der Waals surface area (Å²) >= 11 is 11.6. The SMILES string of the molecule is O=C(Nc1cccc(NC(=O)c2cnc(Cl)c(Cl)c2)c1)c1cccnc1. The van der Waals surface area contributed by atoms with Gasteiger partial charge in [-0.1, -0.05) is 29.3 Å². The Morgan fingerprint density at radius 3 is 2.15 bits per heavy atom. The zero-order valence-electron chi connectivity index (χ0n) is 13.2. The van der Waals surface area contributed by atoms with Gasteiger partial charge in [0.25, 0.3) is 11.8 Å². The monoisotopic (exact) mass is 386 g/mol. The van der Waals surface area contributed by atoms with Crippen molar-refractivity contribution in [2.45, 2.75) is 0 Å². The Morgan fingerprint density at radius 1 is 0.846 bits per heavy atom. The maximum atomic E-state index is 12.3. The van der Waals surface area contributed by atoms with Crippen molar-refractivity contribution < 1.29 is 9.59 Å². The number of rotatable bonds is 4. The first-order valence-corrected chi connectivity index (χ1v) is 8.22. The van der Waals surface area contributed by atoms with Gasteiger partial charge in [-0.3, -0.25) is 14.6 Å². The molecule has 1 aromatic carbocycles. The molecule has 0 saturated carbocycles. The molecule has 6 nitrogen and oxygen atoms in total. The largest absolute Gasteiger partial charge is 0.322 e. The summed E-state index contributed by atoms with van der Waals surface area (Å²) in [5.41, 5.74) is 1.74. The number of nitrogens with one attached hydrogen (secondary N) is 2. The van der Waals surface area contributed by atoms with Gasteiger partial charge in [0, 0.05) is 30.0 Å². The normalized spacial score (nSPS) is 10.2. The summed E-state index contributed by atoms with van der Waals surface area (Å²) < 4.78 is 0. The molecule has 2 heterocycles. The topological polar surface area (TPSA) is 84.0 Å². The van der Waals surface area contributed by atoms with Gasteiger partial charge < -0.3 is 10.6 Å². The van der Waals surface area contributed by atoms with E-state index in [0.717, 1.165) is 0 Å². The van der Waals surface area contributed by atoms with Gasteiger partial charge in [0.2, 0.25) is 0 Å². The molecule has 3 rings (SSSR count). The molecule has 3 aromatic rings. The van der Waals surface area contributed by atoms with Crippen LogP contribution in [0.4, 0.5) is 11.4 Å². The molecule has 26 heavy (non-hydrogen) atoms. The van der Waals surface area contributed by atoms with Crippen molar-refractivity contribution in [2.75, 3.05) is 10.6 Å². The Kier molecular flexibility index (Phi) is 5.46. The van der Waals surface area contributed by atoms with Crippen LogP contribution in [-0.2, 0) is 0 Å². The van der Waals surface area contributed by atoms with Crippen molar-refractivity contribution in [1.82, 2.24) is 9.97 Å². The average molecular weight is 387 g/mol. The summed E-state index contributed by atoms with van der Waals surface area (Å²) in [4.78, 5) is 32.2. The van der Waals surface area contributed by atoms with E-state index in [1.165, 1.54) is 18.5 Å². The third-order valence-electron chi connectivity index (χ3n) is 3.36. The summed E-state index contributed by atoms with van der Waals surface area (Å²) in [6, 6.07) is 11.5. The van der Waals surface area contributed by atoms with E-state index in [1.807, 2.05) is 0 Å². The highest BCUT2D eigenvalue weighted by atomic mass is 35.5. The molecule has 0 aliphatic rings. The molecule has 0 aliphatic carbocycles. The zero-order chi connectivity index (χ0) is 18.5. The first-order chi connectivity index (χ1) is 12.5. The fraction of sp³-hybridized carbons (Fsp3) is 0. The van der Waals surface area contributed by atoms with Crippen molar-refractivity contribution in [1.29, 1.82) is 0 Å². The van der Waals surface area contributed by atoms with E-state index in [2.05, 4.69) is 20.6 Å². The van der Waals surface area contributed by atoms with E-state index in [1.54, 1.807) is 42.6 Å². The molecule has 2 N–H and O–H groups in total. The van der Waals surface area contributed by atoms with E-state index in [9.17, 15) is 9.59 Å². The highest BCUT2D eigenvalue weighted by molar-refractivity contribution is 6.41. The fourth-order valence-electron chi connectivity index (χ4n) is 2.12. The minimum Gasteiger partial charge on any atom is -0.322 e. The predicted octanol–water partition coefficient (Wildman–Crippen LogP) is 4.29. The Bertz CT molecular complexity index is 964. The lowest BCUT2D eigenvalue weighted by Crippen LogP contribution is -2.14. The van der Waals surface area contributed by atoms with Gasteiger partial charge in [-0.05, 0) is 36.4 Å². The van der Waals surface area contributed by atoms with Crippen LogP contribution in [0.5, 0.6) is 0 Å². The molecular formula is C18H12Cl2N4O2. The zero-order valence-corrected chi connectivity index (χ0v) is 14.8. The Morgan fingerprint density at radius 2 is 1.54 bits per heavy atom. The number of hydrogen-bond acceptors (Lipinski definition) is 4. The lowest BCUT2D eigenvalue weighted by atomic mass is 10.2. The third kappa shape index (κ3) is 4.36. The first-order valence-electron chi connectivity index (χ1n) is 7.47. The van der Waals surface area contributed by atoms with Crippen molar-refractivity contribution in [2.24, 2.45) is 0 Å². The van der Waals surface area contributed by atoms with Crippen LogP contribution in [0, 0.1) is 0 Å². The second kappa shape index (κ2) is 7.95. The maximum Gasteiger partial charge on any atom is 0.257 e. The van der Waals surface area contributed by atoms with E-state index in [-0.39, 0.29) is 21.6 Å². The summed E-state index contributed by atoms with van der Waals surface area (Å²) in [5.74, 6) is -0.693. The molecule has 2 amide bonds. The number of anilines is 2. The fourth-order valence-corrected chi connectivity index (χ4v) is 2.39. The number of benzene rings is 1. The van der Waals surface area contributed by atoms with Crippen LogP contribution in [0.25, 0.3) is 0 Å². The van der Waals surface area contributed by atoms with Gasteiger partial charge in [0.1, 0.15) is 5.15 Å². The third-order valence-corrected chi connectivity index (χ3v) is 4.05. The first kappa shape index (κ1) is 17.8. The quantitative estimate of drug-likeness (QED) is 0.655. The standard InChI is InChI=1S/C18H12Cl2N4O2/c19-15-7-12(10-22-16(15)20)18(26)24-14-5-1-4-13(8-14)23-17(25)11-3-2-6-21-9-11/h1-10H,(H,23,25)(H,24,26). The van der Waals surface area contributed by atoms with E-state index < -0.39 is 5.91 Å². The summed E-state index contributed by atoms with van der Waals surface area (Å²) in [6.45, 7) is 0. The average Bonchev–Trinajstić information content (AvgIpc) is 2.65. The van der Waals surface area contributed by atoms with Gasteiger partial charge in [-0.15, -0.1) is 0 Å². The van der Waals surface area contributed by atoms with Crippen molar-refractivity contribution in [3.63, 3.8) is 0 Å². The maximum absolute atomic E-state index is 12.3. The van der Waals surface area contributed by atoms with Gasteiger partial charge in [-0.25, -0.2) is 4.98 Å². The van der Waals surface area contributed by atoms with Crippen LogP contribution in [0.1, 0.15) is 20.7 Å². The van der Waals surface area contributed by atoms with Crippen LogP contribution < -0.4 is 10.6 Å². The Hall–Kier alpha value is -2.96. The highest BCUT2D eigenvalue weighted by Crippen LogP contribution is 2.21. The summed E-state index contributed by atoms with van der Waals surface area (Å²) in [7, 11) is 0. The van der Waals surface area contributed by atoms with E-state index in [0.29, 0.717) is 16.9 Å². The van der Waals surface area contributed by atoms with Gasteiger partial charge in [0.05, 0.1) is 16.1 Å². The number of carbonyl (C=O) groups excluding carboxylic acids is 2. The number of pyridine rings is 2. The van der Waals surface area contributed by atoms with Crippen LogP contribution in [-0.4, -0.2) is 21.8 Å². The van der Waals surface area contributed by atoms with E-state index in [4.69, 9.17) is 23.2 Å². The molecule has 0 fully saturated rings. The van der Waals surface area contributed by atoms with Crippen molar-refractivity contribution in [3.8, 4) is 0 Å². The molecule has 8 heteroatoms. The highest BCUT2D eigenvalue weighted by Gasteiger charge is 2.11. The summed E-state index contributed by atoms with van der Waals surface area (Å²) in [6.07, 6.45) is 4.39. The molecule has 0 bridgehead atoms. The van der Waals surface area contributed by atoms with Gasteiger partial charge >= 0.3 is 0 Å². The van der Waals surface area contributed by atoms with Gasteiger partial charge in [0.15, 0.2) is 0 Å². The number of carbonyl (C=O) groups is 2.